The van der Waals surface area contributed by atoms with E-state index < -0.39 is 5.91 Å². The van der Waals surface area contributed by atoms with Crippen molar-refractivity contribution in [2.45, 2.75) is 33.1 Å². The summed E-state index contributed by atoms with van der Waals surface area (Å²) in [6, 6.07) is 10.5. The number of rotatable bonds is 5. The number of hydrogen-bond acceptors (Lipinski definition) is 6. The van der Waals surface area contributed by atoms with E-state index >= 15 is 0 Å². The molecular weight excluding hydrogens is 476 g/mol. The van der Waals surface area contributed by atoms with Crippen molar-refractivity contribution < 1.29 is 19.1 Å². The lowest BCUT2D eigenvalue weighted by Gasteiger charge is -2.29. The number of carbonyl (C=O) groups is 3. The number of likely N-dealkylation sites (tertiary alicyclic amines) is 1. The Hall–Kier alpha value is -3.04. The Kier molecular flexibility index (Phi) is 7.20. The third kappa shape index (κ3) is 4.95. The third-order valence-electron chi connectivity index (χ3n) is 7.12. The lowest BCUT2D eigenvalue weighted by atomic mass is 10.1. The van der Waals surface area contributed by atoms with Gasteiger partial charge in [-0.2, -0.15) is 0 Å². The highest BCUT2D eigenvalue weighted by Crippen LogP contribution is 2.34. The van der Waals surface area contributed by atoms with Crippen LogP contribution in [0.5, 0.6) is 0 Å². The van der Waals surface area contributed by atoms with Gasteiger partial charge in [0.25, 0.3) is 11.1 Å². The maximum Gasteiger partial charge on any atom is 0.294 e. The van der Waals surface area contributed by atoms with Crippen LogP contribution in [0.15, 0.2) is 35.2 Å². The number of thioether (sulfide) groups is 1. The zero-order valence-corrected chi connectivity index (χ0v) is 21.7. The second kappa shape index (κ2) is 10.5. The first-order chi connectivity index (χ1) is 17.4. The van der Waals surface area contributed by atoms with Gasteiger partial charge in [0.2, 0.25) is 5.91 Å². The maximum atomic E-state index is 13.0. The number of amides is 3. The molecule has 0 atom stereocenters. The Morgan fingerprint density at radius 1 is 0.972 bits per heavy atom. The minimum absolute atomic E-state index is 0.156. The normalized spacial score (nSPS) is 20.1. The van der Waals surface area contributed by atoms with Gasteiger partial charge < -0.3 is 19.1 Å². The number of imide groups is 1. The van der Waals surface area contributed by atoms with E-state index in [0.29, 0.717) is 18.0 Å². The summed E-state index contributed by atoms with van der Waals surface area (Å²) in [7, 11) is 0. The van der Waals surface area contributed by atoms with Crippen molar-refractivity contribution in [2.24, 2.45) is 0 Å². The molecule has 0 spiro atoms. The molecule has 4 heterocycles. The van der Waals surface area contributed by atoms with Crippen molar-refractivity contribution in [1.29, 1.82) is 0 Å². The molecule has 0 aliphatic carbocycles. The minimum atomic E-state index is -0.393. The molecular formula is C27H32N4O4S. The van der Waals surface area contributed by atoms with Crippen molar-refractivity contribution in [1.82, 2.24) is 14.4 Å². The van der Waals surface area contributed by atoms with Gasteiger partial charge in [-0.1, -0.05) is 0 Å². The molecule has 3 fully saturated rings. The van der Waals surface area contributed by atoms with Gasteiger partial charge in [0.15, 0.2) is 0 Å². The first-order valence-electron chi connectivity index (χ1n) is 12.6. The third-order valence-corrected chi connectivity index (χ3v) is 8.02. The zero-order chi connectivity index (χ0) is 25.2. The summed E-state index contributed by atoms with van der Waals surface area (Å²) in [5.74, 6) is -0.549. The molecule has 1 aromatic heterocycles. The van der Waals surface area contributed by atoms with Crippen LogP contribution in [-0.4, -0.2) is 77.4 Å². The monoisotopic (exact) mass is 508 g/mol. The van der Waals surface area contributed by atoms with Gasteiger partial charge >= 0.3 is 0 Å². The molecule has 0 radical (unpaired) electrons. The predicted octanol–water partition coefficient (Wildman–Crippen LogP) is 3.98. The molecule has 0 unspecified atom stereocenters. The number of anilines is 1. The van der Waals surface area contributed by atoms with Crippen LogP contribution >= 0.6 is 11.8 Å². The molecule has 0 N–H and O–H groups in total. The largest absolute Gasteiger partial charge is 0.378 e. The number of aryl methyl sites for hydroxylation is 1. The van der Waals surface area contributed by atoms with E-state index in [1.54, 1.807) is 11.0 Å². The van der Waals surface area contributed by atoms with E-state index in [0.717, 1.165) is 84.9 Å². The summed E-state index contributed by atoms with van der Waals surface area (Å²) >= 11 is 0.905. The number of carbonyl (C=O) groups excluding carboxylic acids is 3. The topological polar surface area (TPSA) is 75.1 Å². The van der Waals surface area contributed by atoms with Crippen LogP contribution < -0.4 is 4.90 Å². The summed E-state index contributed by atoms with van der Waals surface area (Å²) in [5, 5.41) is -0.385. The molecule has 9 heteroatoms. The van der Waals surface area contributed by atoms with Crippen LogP contribution in [0.4, 0.5) is 10.5 Å². The number of benzene rings is 1. The Balaban J connectivity index is 1.32. The summed E-state index contributed by atoms with van der Waals surface area (Å²) in [5.41, 5.74) is 5.14. The van der Waals surface area contributed by atoms with Gasteiger partial charge in [-0.25, -0.2) is 0 Å². The lowest BCUT2D eigenvalue weighted by molar-refractivity contribution is -0.136. The molecule has 3 saturated heterocycles. The quantitative estimate of drug-likeness (QED) is 0.569. The maximum absolute atomic E-state index is 13.0. The first kappa shape index (κ1) is 24.6. The minimum Gasteiger partial charge on any atom is -0.378 e. The number of piperidine rings is 1. The highest BCUT2D eigenvalue weighted by molar-refractivity contribution is 8.18. The summed E-state index contributed by atoms with van der Waals surface area (Å²) < 4.78 is 7.60. The molecule has 2 aromatic rings. The van der Waals surface area contributed by atoms with E-state index in [1.807, 2.05) is 19.9 Å². The standard InChI is InChI=1S/C27H32N4O4S/c1-19-16-21(20(2)31(19)23-8-6-22(7-9-23)28-12-14-35-15-13-28)17-24-26(33)30(27(34)36-24)18-25(32)29-10-4-3-5-11-29/h6-9,16-17H,3-5,10-15,18H2,1-2H3/b24-17-. The summed E-state index contributed by atoms with van der Waals surface area (Å²) in [6.07, 6.45) is 4.83. The van der Waals surface area contributed by atoms with Gasteiger partial charge in [0.1, 0.15) is 6.54 Å². The van der Waals surface area contributed by atoms with Gasteiger partial charge in [-0.05, 0) is 86.8 Å². The van der Waals surface area contributed by atoms with E-state index in [1.165, 1.54) is 5.69 Å². The van der Waals surface area contributed by atoms with E-state index in [-0.39, 0.29) is 17.7 Å². The second-order valence-corrected chi connectivity index (χ2v) is 10.5. The van der Waals surface area contributed by atoms with E-state index in [4.69, 9.17) is 4.74 Å². The molecule has 0 saturated carbocycles. The smallest absolute Gasteiger partial charge is 0.294 e. The Morgan fingerprint density at radius 2 is 1.64 bits per heavy atom. The van der Waals surface area contributed by atoms with Crippen molar-refractivity contribution in [2.75, 3.05) is 50.8 Å². The van der Waals surface area contributed by atoms with Gasteiger partial charge in [0.05, 0.1) is 18.1 Å². The van der Waals surface area contributed by atoms with E-state index in [2.05, 4.69) is 33.7 Å². The highest BCUT2D eigenvalue weighted by atomic mass is 32.2. The predicted molar refractivity (Wildman–Crippen MR) is 141 cm³/mol. The van der Waals surface area contributed by atoms with Crippen molar-refractivity contribution in [3.8, 4) is 5.69 Å². The first-order valence-corrected chi connectivity index (χ1v) is 13.4. The van der Waals surface area contributed by atoms with Crippen LogP contribution in [-0.2, 0) is 14.3 Å². The summed E-state index contributed by atoms with van der Waals surface area (Å²) in [4.78, 5) is 43.8. The molecule has 36 heavy (non-hydrogen) atoms. The van der Waals surface area contributed by atoms with E-state index in [9.17, 15) is 14.4 Å². The zero-order valence-electron chi connectivity index (χ0n) is 20.9. The molecule has 190 valence electrons. The fraction of sp³-hybridized carbons (Fsp3) is 0.444. The number of nitrogens with zero attached hydrogens (tertiary/aromatic N) is 4. The average molecular weight is 509 g/mol. The number of ether oxygens (including phenoxy) is 1. The molecule has 0 bridgehead atoms. The molecule has 3 amide bonds. The summed E-state index contributed by atoms with van der Waals surface area (Å²) in [6.45, 7) is 8.54. The van der Waals surface area contributed by atoms with Crippen LogP contribution in [0, 0.1) is 13.8 Å². The van der Waals surface area contributed by atoms with Crippen molar-refractivity contribution in [3.05, 3.63) is 52.2 Å². The Morgan fingerprint density at radius 3 is 2.33 bits per heavy atom. The molecule has 3 aliphatic heterocycles. The number of morpholine rings is 1. The molecule has 3 aliphatic rings. The molecule has 8 nitrogen and oxygen atoms in total. The lowest BCUT2D eigenvalue weighted by Crippen LogP contribution is -2.44. The van der Waals surface area contributed by atoms with Crippen molar-refractivity contribution >= 4 is 40.6 Å². The SMILES string of the molecule is Cc1cc(/C=C2\SC(=O)N(CC(=O)N3CCCCC3)C2=O)c(C)n1-c1ccc(N2CCOCC2)cc1. The number of hydrogen-bond donors (Lipinski definition) is 0. The van der Waals surface area contributed by atoms with Gasteiger partial charge in [0, 0.05) is 48.9 Å². The fourth-order valence-corrected chi connectivity index (χ4v) is 5.95. The molecule has 5 rings (SSSR count). The number of aromatic nitrogens is 1. The van der Waals surface area contributed by atoms with Gasteiger partial charge in [-0.3, -0.25) is 19.3 Å². The van der Waals surface area contributed by atoms with Gasteiger partial charge in [-0.15, -0.1) is 0 Å². The van der Waals surface area contributed by atoms with Crippen LogP contribution in [0.3, 0.4) is 0 Å². The van der Waals surface area contributed by atoms with Crippen LogP contribution in [0.2, 0.25) is 0 Å². The van der Waals surface area contributed by atoms with Crippen molar-refractivity contribution in [3.63, 3.8) is 0 Å². The Labute approximate surface area is 215 Å². The fourth-order valence-electron chi connectivity index (χ4n) is 5.12. The Bertz CT molecular complexity index is 1190. The highest BCUT2D eigenvalue weighted by Gasteiger charge is 2.37. The van der Waals surface area contributed by atoms with Crippen LogP contribution in [0.1, 0.15) is 36.2 Å². The van der Waals surface area contributed by atoms with Crippen LogP contribution in [0.25, 0.3) is 11.8 Å². The molecule has 1 aromatic carbocycles. The average Bonchev–Trinajstić information content (AvgIpc) is 3.33. The second-order valence-electron chi connectivity index (χ2n) is 9.49.